The van der Waals surface area contributed by atoms with Gasteiger partial charge in [-0.05, 0) is 27.8 Å². The smallest absolute Gasteiger partial charge is 0.140 e. The Morgan fingerprint density at radius 2 is 2.24 bits per heavy atom. The number of oxime groups is 1. The second-order valence-electron chi connectivity index (χ2n) is 4.31. The average Bonchev–Trinajstić information content (AvgIpc) is 2.57. The molecule has 6 heteroatoms. The summed E-state index contributed by atoms with van der Waals surface area (Å²) in [7, 11) is 2.02. The summed E-state index contributed by atoms with van der Waals surface area (Å²) in [6.45, 7) is 6.94. The van der Waals surface area contributed by atoms with Crippen molar-refractivity contribution in [1.82, 2.24) is 9.88 Å². The van der Waals surface area contributed by atoms with Crippen molar-refractivity contribution in [3.05, 3.63) is 15.6 Å². The highest BCUT2D eigenvalue weighted by atomic mass is 32.1. The van der Waals surface area contributed by atoms with E-state index in [2.05, 4.69) is 22.0 Å². The summed E-state index contributed by atoms with van der Waals surface area (Å²) in [5.41, 5.74) is 6.59. The van der Waals surface area contributed by atoms with E-state index in [1.165, 1.54) is 4.88 Å². The van der Waals surface area contributed by atoms with Crippen LogP contribution in [0.25, 0.3) is 0 Å². The van der Waals surface area contributed by atoms with Crippen LogP contribution in [-0.4, -0.2) is 34.0 Å². The van der Waals surface area contributed by atoms with Crippen molar-refractivity contribution < 1.29 is 5.21 Å². The molecule has 1 aromatic rings. The SMILES string of the molecule is Cc1nc(CN(C)C(C)CC(N)=NO)sc1C. The van der Waals surface area contributed by atoms with Crippen LogP contribution in [-0.2, 0) is 6.54 Å². The molecule has 0 aliphatic carbocycles. The Bertz CT molecular complexity index is 383. The Labute approximate surface area is 106 Å². The van der Waals surface area contributed by atoms with Gasteiger partial charge in [-0.3, -0.25) is 4.90 Å². The van der Waals surface area contributed by atoms with E-state index in [-0.39, 0.29) is 11.9 Å². The Morgan fingerprint density at radius 3 is 2.71 bits per heavy atom. The van der Waals surface area contributed by atoms with E-state index in [0.717, 1.165) is 17.2 Å². The molecule has 1 heterocycles. The fraction of sp³-hybridized carbons (Fsp3) is 0.636. The van der Waals surface area contributed by atoms with E-state index in [9.17, 15) is 0 Å². The van der Waals surface area contributed by atoms with Crippen molar-refractivity contribution in [3.63, 3.8) is 0 Å². The summed E-state index contributed by atoms with van der Waals surface area (Å²) in [6, 6.07) is 0.218. The first-order chi connectivity index (χ1) is 7.93. The minimum atomic E-state index is 0.218. The van der Waals surface area contributed by atoms with E-state index < -0.39 is 0 Å². The molecule has 96 valence electrons. The molecule has 0 aromatic carbocycles. The normalized spacial score (nSPS) is 14.3. The van der Waals surface area contributed by atoms with Crippen LogP contribution >= 0.6 is 11.3 Å². The summed E-state index contributed by atoms with van der Waals surface area (Å²) in [4.78, 5) is 7.91. The highest BCUT2D eigenvalue weighted by Gasteiger charge is 2.14. The van der Waals surface area contributed by atoms with Gasteiger partial charge in [0.05, 0.1) is 12.2 Å². The fourth-order valence-electron chi connectivity index (χ4n) is 1.48. The molecule has 0 radical (unpaired) electrons. The second kappa shape index (κ2) is 5.97. The van der Waals surface area contributed by atoms with Crippen LogP contribution < -0.4 is 5.73 Å². The number of rotatable bonds is 5. The van der Waals surface area contributed by atoms with Gasteiger partial charge in [-0.1, -0.05) is 5.16 Å². The Hall–Kier alpha value is -1.14. The molecule has 0 saturated heterocycles. The monoisotopic (exact) mass is 256 g/mol. The molecule has 0 amide bonds. The molecule has 0 aliphatic rings. The summed E-state index contributed by atoms with van der Waals surface area (Å²) in [5, 5.41) is 12.6. The quantitative estimate of drug-likeness (QED) is 0.364. The van der Waals surface area contributed by atoms with Crippen LogP contribution in [0.1, 0.15) is 28.9 Å². The third-order valence-electron chi connectivity index (χ3n) is 2.84. The van der Waals surface area contributed by atoms with Gasteiger partial charge < -0.3 is 10.9 Å². The van der Waals surface area contributed by atoms with Gasteiger partial charge in [0.15, 0.2) is 0 Å². The molecular formula is C11H20N4OS. The van der Waals surface area contributed by atoms with Crippen molar-refractivity contribution in [2.75, 3.05) is 7.05 Å². The Morgan fingerprint density at radius 1 is 1.59 bits per heavy atom. The molecule has 1 atom stereocenters. The van der Waals surface area contributed by atoms with Crippen LogP contribution in [0.5, 0.6) is 0 Å². The van der Waals surface area contributed by atoms with Gasteiger partial charge in [-0.15, -0.1) is 11.3 Å². The third-order valence-corrected chi connectivity index (χ3v) is 3.90. The maximum absolute atomic E-state index is 8.53. The number of aromatic nitrogens is 1. The molecule has 17 heavy (non-hydrogen) atoms. The maximum atomic E-state index is 8.53. The lowest BCUT2D eigenvalue weighted by Crippen LogP contribution is -2.32. The zero-order chi connectivity index (χ0) is 13.0. The van der Waals surface area contributed by atoms with Crippen molar-refractivity contribution in [1.29, 1.82) is 0 Å². The highest BCUT2D eigenvalue weighted by molar-refractivity contribution is 7.11. The topological polar surface area (TPSA) is 74.7 Å². The van der Waals surface area contributed by atoms with Crippen molar-refractivity contribution in [2.24, 2.45) is 10.9 Å². The molecule has 5 nitrogen and oxygen atoms in total. The first-order valence-corrected chi connectivity index (χ1v) is 6.35. The molecular weight excluding hydrogens is 236 g/mol. The van der Waals surface area contributed by atoms with E-state index in [0.29, 0.717) is 6.42 Å². The number of amidine groups is 1. The van der Waals surface area contributed by atoms with Crippen molar-refractivity contribution in [3.8, 4) is 0 Å². The van der Waals surface area contributed by atoms with Crippen LogP contribution in [0.15, 0.2) is 5.16 Å². The zero-order valence-corrected chi connectivity index (χ0v) is 11.6. The number of nitrogens with two attached hydrogens (primary N) is 1. The highest BCUT2D eigenvalue weighted by Crippen LogP contribution is 2.18. The predicted molar refractivity (Wildman–Crippen MR) is 70.5 cm³/mol. The largest absolute Gasteiger partial charge is 0.409 e. The van der Waals surface area contributed by atoms with E-state index >= 15 is 0 Å². The minimum absolute atomic E-state index is 0.218. The van der Waals surface area contributed by atoms with Crippen LogP contribution in [0, 0.1) is 13.8 Å². The molecule has 0 fully saturated rings. The summed E-state index contributed by atoms with van der Waals surface area (Å²) >= 11 is 1.72. The van der Waals surface area contributed by atoms with Crippen LogP contribution in [0.2, 0.25) is 0 Å². The van der Waals surface area contributed by atoms with Gasteiger partial charge in [0.1, 0.15) is 10.8 Å². The molecule has 0 aliphatic heterocycles. The molecule has 1 unspecified atom stereocenters. The molecule has 0 bridgehead atoms. The van der Waals surface area contributed by atoms with Gasteiger partial charge >= 0.3 is 0 Å². The number of hydrogen-bond donors (Lipinski definition) is 2. The van der Waals surface area contributed by atoms with Crippen LogP contribution in [0.4, 0.5) is 0 Å². The summed E-state index contributed by atoms with van der Waals surface area (Å²) in [6.07, 6.45) is 0.552. The standard InChI is InChI=1S/C11H20N4OS/c1-7(5-10(12)14-16)15(4)6-11-13-8(2)9(3)17-11/h7,16H,5-6H2,1-4H3,(H2,12,14). The average molecular weight is 256 g/mol. The third kappa shape index (κ3) is 3.98. The summed E-state index contributed by atoms with van der Waals surface area (Å²) < 4.78 is 0. The first kappa shape index (κ1) is 13.9. The second-order valence-corrected chi connectivity index (χ2v) is 5.60. The van der Waals surface area contributed by atoms with Crippen molar-refractivity contribution >= 4 is 17.2 Å². The summed E-state index contributed by atoms with van der Waals surface area (Å²) in [5.74, 6) is 0.260. The van der Waals surface area contributed by atoms with Gasteiger partial charge in [0.2, 0.25) is 0 Å². The fourth-order valence-corrected chi connectivity index (χ4v) is 2.47. The van der Waals surface area contributed by atoms with E-state index in [1.807, 2.05) is 20.9 Å². The van der Waals surface area contributed by atoms with Gasteiger partial charge in [0, 0.05) is 17.3 Å². The first-order valence-electron chi connectivity index (χ1n) is 5.53. The minimum Gasteiger partial charge on any atom is -0.409 e. The predicted octanol–water partition coefficient (Wildman–Crippen LogP) is 1.72. The van der Waals surface area contributed by atoms with Gasteiger partial charge in [-0.25, -0.2) is 4.98 Å². The zero-order valence-electron chi connectivity index (χ0n) is 10.8. The number of nitrogens with zero attached hydrogens (tertiary/aromatic N) is 3. The molecule has 0 saturated carbocycles. The van der Waals surface area contributed by atoms with E-state index in [1.54, 1.807) is 11.3 Å². The van der Waals surface area contributed by atoms with Crippen molar-refractivity contribution in [2.45, 2.75) is 39.8 Å². The lowest BCUT2D eigenvalue weighted by Gasteiger charge is -2.22. The number of hydrogen-bond acceptors (Lipinski definition) is 5. The molecule has 3 N–H and O–H groups in total. The van der Waals surface area contributed by atoms with Gasteiger partial charge in [0.25, 0.3) is 0 Å². The lowest BCUT2D eigenvalue weighted by atomic mass is 10.2. The Kier molecular flexibility index (Phi) is 4.89. The van der Waals surface area contributed by atoms with Crippen LogP contribution in [0.3, 0.4) is 0 Å². The maximum Gasteiger partial charge on any atom is 0.140 e. The number of aryl methyl sites for hydroxylation is 2. The van der Waals surface area contributed by atoms with Gasteiger partial charge in [-0.2, -0.15) is 0 Å². The Balaban J connectivity index is 2.56. The number of thiazole rings is 1. The lowest BCUT2D eigenvalue weighted by molar-refractivity contribution is 0.250. The molecule has 1 aromatic heterocycles. The van der Waals surface area contributed by atoms with E-state index in [4.69, 9.17) is 10.9 Å². The molecule has 0 spiro atoms. The molecule has 1 rings (SSSR count).